The summed E-state index contributed by atoms with van der Waals surface area (Å²) in [5, 5.41) is 6.54. The average Bonchev–Trinajstić information content (AvgIpc) is 2.67. The van der Waals surface area contributed by atoms with Gasteiger partial charge in [0, 0.05) is 17.3 Å². The number of carbonyl (C=O) groups excluding carboxylic acids is 1. The highest BCUT2D eigenvalue weighted by Crippen LogP contribution is 2.18. The topological polar surface area (TPSA) is 72.5 Å². The summed E-state index contributed by atoms with van der Waals surface area (Å²) in [6.07, 6.45) is 1.76. The van der Waals surface area contributed by atoms with Crippen molar-refractivity contribution in [3.8, 4) is 11.5 Å². The highest BCUT2D eigenvalue weighted by Gasteiger charge is 2.02. The van der Waals surface area contributed by atoms with E-state index in [1.165, 1.54) is 0 Å². The van der Waals surface area contributed by atoms with Crippen molar-refractivity contribution in [2.75, 3.05) is 25.1 Å². The second kappa shape index (κ2) is 8.71. The summed E-state index contributed by atoms with van der Waals surface area (Å²) in [5.74, 6) is 1.52. The summed E-state index contributed by atoms with van der Waals surface area (Å²) in [5.41, 5.74) is 1.63. The Bertz CT molecular complexity index is 866. The normalized spacial score (nSPS) is 10.3. The number of fused-ring (bicyclic) bond motifs is 1. The number of anilines is 1. The molecule has 0 aliphatic heterocycles. The maximum atomic E-state index is 11.9. The lowest BCUT2D eigenvalue weighted by atomic mass is 10.2. The first kappa shape index (κ1) is 17.5. The van der Waals surface area contributed by atoms with Gasteiger partial charge in [0.05, 0.1) is 18.7 Å². The third-order valence-electron chi connectivity index (χ3n) is 3.65. The van der Waals surface area contributed by atoms with E-state index in [1.807, 2.05) is 49.4 Å². The molecule has 2 amide bonds. The van der Waals surface area contributed by atoms with Crippen LogP contribution in [0.25, 0.3) is 10.9 Å². The standard InChI is InChI=1S/C20H21N3O3/c1-2-25-17-7-5-16(6-8-17)23-20(24)22-12-13-26-18-9-10-19-15(14-18)4-3-11-21-19/h3-11,14H,2,12-13H2,1H3,(H2,22,23,24). The number of aromatic nitrogens is 1. The van der Waals surface area contributed by atoms with Gasteiger partial charge in [-0.25, -0.2) is 4.79 Å². The van der Waals surface area contributed by atoms with Gasteiger partial charge in [-0.3, -0.25) is 4.98 Å². The number of benzene rings is 2. The predicted octanol–water partition coefficient (Wildman–Crippen LogP) is 3.83. The number of urea groups is 1. The van der Waals surface area contributed by atoms with E-state index >= 15 is 0 Å². The second-order valence-electron chi connectivity index (χ2n) is 5.54. The molecule has 0 saturated heterocycles. The smallest absolute Gasteiger partial charge is 0.319 e. The van der Waals surface area contributed by atoms with Gasteiger partial charge >= 0.3 is 6.03 Å². The molecule has 0 saturated carbocycles. The Morgan fingerprint density at radius 1 is 1.04 bits per heavy atom. The molecule has 26 heavy (non-hydrogen) atoms. The molecule has 0 unspecified atom stereocenters. The summed E-state index contributed by atoms with van der Waals surface area (Å²) in [4.78, 5) is 16.2. The fourth-order valence-corrected chi connectivity index (χ4v) is 2.45. The number of pyridine rings is 1. The largest absolute Gasteiger partial charge is 0.494 e. The molecule has 3 aromatic rings. The Kier molecular flexibility index (Phi) is 5.88. The molecule has 6 nitrogen and oxygen atoms in total. The molecule has 0 atom stereocenters. The first-order valence-corrected chi connectivity index (χ1v) is 8.50. The van der Waals surface area contributed by atoms with Crippen LogP contribution in [0.3, 0.4) is 0 Å². The van der Waals surface area contributed by atoms with Crippen molar-refractivity contribution in [2.45, 2.75) is 6.92 Å². The van der Waals surface area contributed by atoms with Crippen LogP contribution in [0.4, 0.5) is 10.5 Å². The van der Waals surface area contributed by atoms with Crippen LogP contribution in [0.5, 0.6) is 11.5 Å². The molecule has 3 rings (SSSR count). The predicted molar refractivity (Wildman–Crippen MR) is 102 cm³/mol. The number of hydrogen-bond acceptors (Lipinski definition) is 4. The molecular weight excluding hydrogens is 330 g/mol. The molecule has 2 aromatic carbocycles. The molecule has 0 fully saturated rings. The van der Waals surface area contributed by atoms with Crippen LogP contribution in [-0.4, -0.2) is 30.8 Å². The maximum absolute atomic E-state index is 11.9. The molecule has 0 aliphatic rings. The molecule has 6 heteroatoms. The first-order valence-electron chi connectivity index (χ1n) is 8.50. The van der Waals surface area contributed by atoms with E-state index in [-0.39, 0.29) is 6.03 Å². The van der Waals surface area contributed by atoms with Gasteiger partial charge in [-0.1, -0.05) is 6.07 Å². The third kappa shape index (κ3) is 4.86. The van der Waals surface area contributed by atoms with Gasteiger partial charge in [-0.2, -0.15) is 0 Å². The van der Waals surface area contributed by atoms with Crippen LogP contribution in [0.2, 0.25) is 0 Å². The van der Waals surface area contributed by atoms with Crippen molar-refractivity contribution in [1.82, 2.24) is 10.3 Å². The zero-order valence-electron chi connectivity index (χ0n) is 14.6. The van der Waals surface area contributed by atoms with Gasteiger partial charge < -0.3 is 20.1 Å². The lowest BCUT2D eigenvalue weighted by Crippen LogP contribution is -2.32. The van der Waals surface area contributed by atoms with Gasteiger partial charge in [0.1, 0.15) is 18.1 Å². The van der Waals surface area contributed by atoms with E-state index in [0.717, 1.165) is 22.4 Å². The summed E-state index contributed by atoms with van der Waals surface area (Å²) in [7, 11) is 0. The zero-order valence-corrected chi connectivity index (χ0v) is 14.6. The first-order chi connectivity index (χ1) is 12.7. The van der Waals surface area contributed by atoms with Crippen LogP contribution in [0, 0.1) is 0 Å². The van der Waals surface area contributed by atoms with Crippen molar-refractivity contribution >= 4 is 22.6 Å². The minimum absolute atomic E-state index is 0.277. The van der Waals surface area contributed by atoms with Crippen LogP contribution in [-0.2, 0) is 0 Å². The number of ether oxygens (including phenoxy) is 2. The van der Waals surface area contributed by atoms with E-state index in [4.69, 9.17) is 9.47 Å². The Balaban J connectivity index is 1.41. The number of amides is 2. The SMILES string of the molecule is CCOc1ccc(NC(=O)NCCOc2ccc3ncccc3c2)cc1. The number of rotatable bonds is 7. The van der Waals surface area contributed by atoms with Gasteiger partial charge in [0.25, 0.3) is 0 Å². The maximum Gasteiger partial charge on any atom is 0.319 e. The minimum Gasteiger partial charge on any atom is -0.494 e. The summed E-state index contributed by atoms with van der Waals surface area (Å²) in [6, 6.07) is 16.5. The molecule has 1 aromatic heterocycles. The van der Waals surface area contributed by atoms with E-state index in [9.17, 15) is 4.79 Å². The molecule has 0 radical (unpaired) electrons. The van der Waals surface area contributed by atoms with E-state index in [2.05, 4.69) is 15.6 Å². The number of nitrogens with zero attached hydrogens (tertiary/aromatic N) is 1. The van der Waals surface area contributed by atoms with Crippen molar-refractivity contribution in [3.05, 3.63) is 60.8 Å². The Morgan fingerprint density at radius 2 is 1.85 bits per heavy atom. The minimum atomic E-state index is -0.277. The highest BCUT2D eigenvalue weighted by molar-refractivity contribution is 5.89. The Hall–Kier alpha value is -3.28. The Labute approximate surface area is 152 Å². The Morgan fingerprint density at radius 3 is 2.65 bits per heavy atom. The van der Waals surface area contributed by atoms with Crippen LogP contribution < -0.4 is 20.1 Å². The van der Waals surface area contributed by atoms with Crippen molar-refractivity contribution in [2.24, 2.45) is 0 Å². The zero-order chi connectivity index (χ0) is 18.2. The number of hydrogen-bond donors (Lipinski definition) is 2. The molecule has 1 heterocycles. The average molecular weight is 351 g/mol. The number of carbonyl (C=O) groups is 1. The van der Waals surface area contributed by atoms with Crippen molar-refractivity contribution < 1.29 is 14.3 Å². The van der Waals surface area contributed by atoms with Gasteiger partial charge in [0.2, 0.25) is 0 Å². The fraction of sp³-hybridized carbons (Fsp3) is 0.200. The van der Waals surface area contributed by atoms with Crippen LogP contribution in [0.15, 0.2) is 60.8 Å². The van der Waals surface area contributed by atoms with Gasteiger partial charge in [0.15, 0.2) is 0 Å². The van der Waals surface area contributed by atoms with E-state index in [0.29, 0.717) is 25.4 Å². The lowest BCUT2D eigenvalue weighted by molar-refractivity contribution is 0.247. The molecule has 0 aliphatic carbocycles. The lowest BCUT2D eigenvalue weighted by Gasteiger charge is -2.10. The molecule has 134 valence electrons. The molecule has 2 N–H and O–H groups in total. The highest BCUT2D eigenvalue weighted by atomic mass is 16.5. The van der Waals surface area contributed by atoms with Gasteiger partial charge in [-0.05, 0) is 55.5 Å². The van der Waals surface area contributed by atoms with Gasteiger partial charge in [-0.15, -0.1) is 0 Å². The number of nitrogens with one attached hydrogen (secondary N) is 2. The quantitative estimate of drug-likeness (QED) is 0.635. The fourth-order valence-electron chi connectivity index (χ4n) is 2.45. The van der Waals surface area contributed by atoms with E-state index < -0.39 is 0 Å². The van der Waals surface area contributed by atoms with E-state index in [1.54, 1.807) is 18.3 Å². The third-order valence-corrected chi connectivity index (χ3v) is 3.65. The molecule has 0 bridgehead atoms. The van der Waals surface area contributed by atoms with Crippen molar-refractivity contribution in [3.63, 3.8) is 0 Å². The van der Waals surface area contributed by atoms with Crippen LogP contribution in [0.1, 0.15) is 6.92 Å². The summed E-state index contributed by atoms with van der Waals surface area (Å²) in [6.45, 7) is 3.31. The monoisotopic (exact) mass is 351 g/mol. The van der Waals surface area contributed by atoms with Crippen molar-refractivity contribution in [1.29, 1.82) is 0 Å². The summed E-state index contributed by atoms with van der Waals surface area (Å²) >= 11 is 0. The second-order valence-corrected chi connectivity index (χ2v) is 5.54. The molecule has 0 spiro atoms. The van der Waals surface area contributed by atoms with Crippen LogP contribution >= 0.6 is 0 Å². The molecular formula is C20H21N3O3. The summed E-state index contributed by atoms with van der Waals surface area (Å²) < 4.78 is 11.0.